The van der Waals surface area contributed by atoms with E-state index in [1.54, 1.807) is 0 Å². The van der Waals surface area contributed by atoms with Crippen LogP contribution in [0.5, 0.6) is 0 Å². The van der Waals surface area contributed by atoms with E-state index >= 15 is 0 Å². The van der Waals surface area contributed by atoms with Gasteiger partial charge < -0.3 is 5.32 Å². The molecule has 2 fully saturated rings. The lowest BCUT2D eigenvalue weighted by molar-refractivity contribution is 0.253. The molecule has 0 radical (unpaired) electrons. The van der Waals surface area contributed by atoms with Crippen LogP contribution in [-0.2, 0) is 0 Å². The van der Waals surface area contributed by atoms with E-state index in [0.29, 0.717) is 0 Å². The molecule has 1 unspecified atom stereocenters. The molecule has 0 aromatic heterocycles. The second kappa shape index (κ2) is 5.56. The highest BCUT2D eigenvalue weighted by molar-refractivity contribution is 5.00. The lowest BCUT2D eigenvalue weighted by Gasteiger charge is -2.30. The van der Waals surface area contributed by atoms with E-state index in [-0.39, 0.29) is 0 Å². The third-order valence-corrected chi connectivity index (χ3v) is 3.89. The predicted octanol–water partition coefficient (Wildman–Crippen LogP) is 2.96. The van der Waals surface area contributed by atoms with E-state index in [0.717, 1.165) is 24.4 Å². The Balaban J connectivity index is 1.82. The molecule has 1 atom stereocenters. The van der Waals surface area contributed by atoms with E-state index in [2.05, 4.69) is 17.2 Å². The molecule has 15 heavy (non-hydrogen) atoms. The van der Waals surface area contributed by atoms with Gasteiger partial charge in [0.1, 0.15) is 0 Å². The van der Waals surface area contributed by atoms with Crippen LogP contribution in [-0.4, -0.2) is 12.6 Å². The monoisotopic (exact) mass is 205 g/mol. The Hall–Kier alpha value is -0.480. The van der Waals surface area contributed by atoms with Crippen molar-refractivity contribution in [1.82, 2.24) is 5.32 Å². The summed E-state index contributed by atoms with van der Waals surface area (Å²) in [5.74, 6) is 8.04. The zero-order valence-corrected chi connectivity index (χ0v) is 9.89. The first-order valence-corrected chi connectivity index (χ1v) is 6.55. The fourth-order valence-corrected chi connectivity index (χ4v) is 2.92. The summed E-state index contributed by atoms with van der Waals surface area (Å²) < 4.78 is 0. The van der Waals surface area contributed by atoms with E-state index in [1.165, 1.54) is 44.9 Å². The van der Waals surface area contributed by atoms with Crippen molar-refractivity contribution >= 4 is 0 Å². The van der Waals surface area contributed by atoms with Crippen molar-refractivity contribution in [2.75, 3.05) is 6.54 Å². The van der Waals surface area contributed by atoms with Gasteiger partial charge in [0.2, 0.25) is 0 Å². The largest absolute Gasteiger partial charge is 0.303 e. The highest BCUT2D eigenvalue weighted by Gasteiger charge is 2.36. The van der Waals surface area contributed by atoms with Gasteiger partial charge in [0.05, 0.1) is 6.54 Å². The van der Waals surface area contributed by atoms with Gasteiger partial charge in [0.25, 0.3) is 0 Å². The van der Waals surface area contributed by atoms with Gasteiger partial charge in [0.15, 0.2) is 0 Å². The lowest BCUT2D eigenvalue weighted by Crippen LogP contribution is -2.39. The molecule has 0 bridgehead atoms. The van der Waals surface area contributed by atoms with Crippen LogP contribution in [0.1, 0.15) is 51.9 Å². The zero-order chi connectivity index (χ0) is 10.5. The third kappa shape index (κ3) is 3.24. The summed E-state index contributed by atoms with van der Waals surface area (Å²) in [6.07, 6.45) is 10.2. The number of rotatable bonds is 4. The van der Waals surface area contributed by atoms with Crippen molar-refractivity contribution in [3.05, 3.63) is 0 Å². The molecule has 1 N–H and O–H groups in total. The van der Waals surface area contributed by atoms with Gasteiger partial charge in [0, 0.05) is 6.04 Å². The average Bonchev–Trinajstić information content (AvgIpc) is 3.10. The Bertz CT molecular complexity index is 238. The molecule has 84 valence electrons. The Morgan fingerprint density at radius 3 is 2.33 bits per heavy atom. The van der Waals surface area contributed by atoms with Crippen molar-refractivity contribution in [3.63, 3.8) is 0 Å². The predicted molar refractivity (Wildman–Crippen MR) is 64.5 cm³/mol. The van der Waals surface area contributed by atoms with Crippen molar-refractivity contribution in [2.24, 2.45) is 11.8 Å². The maximum atomic E-state index is 3.68. The molecule has 0 aromatic carbocycles. The molecule has 2 rings (SSSR count). The summed E-state index contributed by atoms with van der Waals surface area (Å²) in [6, 6.07) is 0.783. The quantitative estimate of drug-likeness (QED) is 0.696. The number of nitrogens with one attached hydrogen (secondary N) is 1. The van der Waals surface area contributed by atoms with Gasteiger partial charge in [-0.2, -0.15) is 0 Å². The second-order valence-electron chi connectivity index (χ2n) is 5.07. The molecule has 2 aliphatic rings. The van der Waals surface area contributed by atoms with Gasteiger partial charge in [-0.15, -0.1) is 5.92 Å². The molecule has 0 aromatic rings. The van der Waals surface area contributed by atoms with Crippen LogP contribution in [0.25, 0.3) is 0 Å². The van der Waals surface area contributed by atoms with E-state index < -0.39 is 0 Å². The maximum Gasteiger partial charge on any atom is 0.0578 e. The minimum absolute atomic E-state index is 0.783. The van der Waals surface area contributed by atoms with E-state index in [9.17, 15) is 0 Å². The first kappa shape index (κ1) is 11.0. The molecule has 2 aliphatic carbocycles. The van der Waals surface area contributed by atoms with Crippen LogP contribution in [0.3, 0.4) is 0 Å². The molecule has 0 saturated heterocycles. The number of hydrogen-bond acceptors (Lipinski definition) is 1. The van der Waals surface area contributed by atoms with Gasteiger partial charge in [-0.25, -0.2) is 0 Å². The lowest BCUT2D eigenvalue weighted by atomic mass is 9.82. The summed E-state index contributed by atoms with van der Waals surface area (Å²) in [6.45, 7) is 2.82. The van der Waals surface area contributed by atoms with Crippen LogP contribution >= 0.6 is 0 Å². The van der Waals surface area contributed by atoms with Crippen molar-refractivity contribution in [3.8, 4) is 11.8 Å². The van der Waals surface area contributed by atoms with Crippen LogP contribution in [0.4, 0.5) is 0 Å². The highest BCUT2D eigenvalue weighted by Crippen LogP contribution is 2.40. The molecule has 0 amide bonds. The Kier molecular flexibility index (Phi) is 4.09. The Morgan fingerprint density at radius 2 is 1.73 bits per heavy atom. The summed E-state index contributed by atoms with van der Waals surface area (Å²) in [5.41, 5.74) is 0. The molecule has 0 heterocycles. The first-order chi connectivity index (χ1) is 7.42. The Morgan fingerprint density at radius 1 is 1.07 bits per heavy atom. The summed E-state index contributed by atoms with van der Waals surface area (Å²) in [7, 11) is 0. The van der Waals surface area contributed by atoms with E-state index in [4.69, 9.17) is 0 Å². The minimum atomic E-state index is 0.783. The van der Waals surface area contributed by atoms with Gasteiger partial charge in [-0.1, -0.05) is 25.2 Å². The molecule has 0 spiro atoms. The van der Waals surface area contributed by atoms with Crippen molar-refractivity contribution < 1.29 is 0 Å². The van der Waals surface area contributed by atoms with Crippen LogP contribution in [0.15, 0.2) is 0 Å². The Labute approximate surface area is 94.0 Å². The topological polar surface area (TPSA) is 12.0 Å². The number of hydrogen-bond donors (Lipinski definition) is 1. The molecule has 1 heteroatoms. The summed E-state index contributed by atoms with van der Waals surface area (Å²) >= 11 is 0. The second-order valence-corrected chi connectivity index (χ2v) is 5.07. The van der Waals surface area contributed by atoms with Gasteiger partial charge in [-0.3, -0.25) is 0 Å². The first-order valence-electron chi connectivity index (χ1n) is 6.55. The SMILES string of the molecule is CC#CCNC(C1CCCCC1)C1CC1. The molecular formula is C14H23N. The van der Waals surface area contributed by atoms with Crippen LogP contribution in [0.2, 0.25) is 0 Å². The highest BCUT2D eigenvalue weighted by atomic mass is 14.9. The molecular weight excluding hydrogens is 182 g/mol. The maximum absolute atomic E-state index is 3.68. The van der Waals surface area contributed by atoms with Crippen LogP contribution < -0.4 is 5.32 Å². The molecule has 1 nitrogen and oxygen atoms in total. The fraction of sp³-hybridized carbons (Fsp3) is 0.857. The molecule has 0 aliphatic heterocycles. The molecule has 2 saturated carbocycles. The minimum Gasteiger partial charge on any atom is -0.303 e. The normalized spacial score (nSPS) is 24.3. The van der Waals surface area contributed by atoms with E-state index in [1.807, 2.05) is 6.92 Å². The summed E-state index contributed by atoms with van der Waals surface area (Å²) in [4.78, 5) is 0. The third-order valence-electron chi connectivity index (χ3n) is 3.89. The smallest absolute Gasteiger partial charge is 0.0578 e. The van der Waals surface area contributed by atoms with Crippen molar-refractivity contribution in [1.29, 1.82) is 0 Å². The van der Waals surface area contributed by atoms with Gasteiger partial charge >= 0.3 is 0 Å². The van der Waals surface area contributed by atoms with Crippen molar-refractivity contribution in [2.45, 2.75) is 57.9 Å². The zero-order valence-electron chi connectivity index (χ0n) is 9.89. The summed E-state index contributed by atoms with van der Waals surface area (Å²) in [5, 5.41) is 3.68. The van der Waals surface area contributed by atoms with Gasteiger partial charge in [-0.05, 0) is 44.4 Å². The standard InChI is InChI=1S/C14H23N/c1-2-3-11-15-14(13-9-10-13)12-7-5-4-6-8-12/h12-15H,4-11H2,1H3. The average molecular weight is 205 g/mol. The van der Waals surface area contributed by atoms with Crippen LogP contribution in [0, 0.1) is 23.7 Å². The fourth-order valence-electron chi connectivity index (χ4n) is 2.92.